The van der Waals surface area contributed by atoms with Gasteiger partial charge < -0.3 is 14.2 Å². The van der Waals surface area contributed by atoms with E-state index in [4.69, 9.17) is 20.1 Å². The molecule has 0 aliphatic heterocycles. The minimum absolute atomic E-state index is 0.181. The maximum atomic E-state index is 10.9. The molecule has 0 saturated heterocycles. The fraction of sp³-hybridized carbons (Fsp3) is 0.300. The van der Waals surface area contributed by atoms with E-state index in [0.29, 0.717) is 17.2 Å². The van der Waals surface area contributed by atoms with Crippen molar-refractivity contribution in [3.05, 3.63) is 18.2 Å². The molecule has 0 radical (unpaired) electrons. The fourth-order valence-electron chi connectivity index (χ4n) is 1.16. The van der Waals surface area contributed by atoms with E-state index in [1.165, 1.54) is 14.2 Å². The van der Waals surface area contributed by atoms with Crippen LogP contribution in [0.5, 0.6) is 17.2 Å². The summed E-state index contributed by atoms with van der Waals surface area (Å²) >= 11 is 0. The standard InChI is InChI=1S/C10H14N2O4/c1-14-7-4-3-5-8(10(7)15-2)16-6-9(13)12-11/h3-5H,6,11H2,1-2H3,(H,12,13). The van der Waals surface area contributed by atoms with Crippen molar-refractivity contribution < 1.29 is 19.0 Å². The Hall–Kier alpha value is -1.95. The number of rotatable bonds is 5. The zero-order valence-corrected chi connectivity index (χ0v) is 9.15. The lowest BCUT2D eigenvalue weighted by Crippen LogP contribution is -2.34. The summed E-state index contributed by atoms with van der Waals surface area (Å²) in [6, 6.07) is 5.14. The number of amides is 1. The molecule has 1 rings (SSSR count). The van der Waals surface area contributed by atoms with Gasteiger partial charge in [-0.05, 0) is 12.1 Å². The van der Waals surface area contributed by atoms with Gasteiger partial charge in [-0.1, -0.05) is 6.07 Å². The SMILES string of the molecule is COc1cccc(OCC(=O)NN)c1OC. The average molecular weight is 226 g/mol. The minimum atomic E-state index is -0.426. The van der Waals surface area contributed by atoms with Crippen LogP contribution >= 0.6 is 0 Å². The smallest absolute Gasteiger partial charge is 0.271 e. The Morgan fingerprint density at radius 3 is 2.56 bits per heavy atom. The van der Waals surface area contributed by atoms with E-state index in [2.05, 4.69) is 0 Å². The van der Waals surface area contributed by atoms with Crippen molar-refractivity contribution in [2.75, 3.05) is 20.8 Å². The Kier molecular flexibility index (Phi) is 4.41. The molecule has 1 aromatic carbocycles. The van der Waals surface area contributed by atoms with Gasteiger partial charge in [0.2, 0.25) is 5.75 Å². The van der Waals surface area contributed by atoms with E-state index in [-0.39, 0.29) is 6.61 Å². The molecule has 0 heterocycles. The highest BCUT2D eigenvalue weighted by Gasteiger charge is 2.11. The molecule has 0 fully saturated rings. The highest BCUT2D eigenvalue weighted by molar-refractivity contribution is 5.76. The lowest BCUT2D eigenvalue weighted by atomic mass is 10.3. The molecule has 0 aliphatic rings. The molecular weight excluding hydrogens is 212 g/mol. The van der Waals surface area contributed by atoms with Gasteiger partial charge >= 0.3 is 0 Å². The number of nitrogens with two attached hydrogens (primary N) is 1. The van der Waals surface area contributed by atoms with Gasteiger partial charge in [0, 0.05) is 0 Å². The summed E-state index contributed by atoms with van der Waals surface area (Å²) < 4.78 is 15.4. The molecule has 0 unspecified atom stereocenters. The first-order valence-electron chi connectivity index (χ1n) is 4.56. The number of carbonyl (C=O) groups excluding carboxylic acids is 1. The number of hydrogen-bond donors (Lipinski definition) is 2. The predicted molar refractivity (Wildman–Crippen MR) is 57.4 cm³/mol. The molecule has 88 valence electrons. The maximum Gasteiger partial charge on any atom is 0.271 e. The van der Waals surface area contributed by atoms with Gasteiger partial charge in [0.25, 0.3) is 5.91 Å². The van der Waals surface area contributed by atoms with Crippen LogP contribution in [0, 0.1) is 0 Å². The molecule has 3 N–H and O–H groups in total. The normalized spacial score (nSPS) is 9.44. The van der Waals surface area contributed by atoms with Crippen LogP contribution in [0.3, 0.4) is 0 Å². The third kappa shape index (κ3) is 2.77. The molecule has 0 atom stereocenters. The van der Waals surface area contributed by atoms with Crippen molar-refractivity contribution >= 4 is 5.91 Å². The van der Waals surface area contributed by atoms with Crippen molar-refractivity contribution in [3.63, 3.8) is 0 Å². The third-order valence-corrected chi connectivity index (χ3v) is 1.89. The van der Waals surface area contributed by atoms with E-state index in [9.17, 15) is 4.79 Å². The van der Waals surface area contributed by atoms with E-state index >= 15 is 0 Å². The van der Waals surface area contributed by atoms with Crippen molar-refractivity contribution in [1.82, 2.24) is 5.43 Å². The summed E-state index contributed by atoms with van der Waals surface area (Å²) in [5, 5.41) is 0. The number of benzene rings is 1. The molecule has 6 nitrogen and oxygen atoms in total. The van der Waals surface area contributed by atoms with Gasteiger partial charge in [0.15, 0.2) is 18.1 Å². The average Bonchev–Trinajstić information content (AvgIpc) is 2.34. The number of ether oxygens (including phenoxy) is 3. The van der Waals surface area contributed by atoms with Crippen LogP contribution in [0.15, 0.2) is 18.2 Å². The molecule has 16 heavy (non-hydrogen) atoms. The van der Waals surface area contributed by atoms with Gasteiger partial charge in [-0.15, -0.1) is 0 Å². The number of hydrogen-bond acceptors (Lipinski definition) is 5. The number of hydrazine groups is 1. The first kappa shape index (κ1) is 12.1. The maximum absolute atomic E-state index is 10.9. The fourth-order valence-corrected chi connectivity index (χ4v) is 1.16. The molecule has 0 saturated carbocycles. The first-order chi connectivity index (χ1) is 7.72. The van der Waals surface area contributed by atoms with Gasteiger partial charge in [-0.25, -0.2) is 5.84 Å². The van der Waals surface area contributed by atoms with Crippen molar-refractivity contribution in [3.8, 4) is 17.2 Å². The summed E-state index contributed by atoms with van der Waals surface area (Å²) in [5.41, 5.74) is 1.97. The molecule has 1 amide bonds. The summed E-state index contributed by atoms with van der Waals surface area (Å²) in [6.07, 6.45) is 0. The van der Waals surface area contributed by atoms with E-state index in [1.807, 2.05) is 5.43 Å². The summed E-state index contributed by atoms with van der Waals surface area (Å²) in [4.78, 5) is 10.9. The topological polar surface area (TPSA) is 82.8 Å². The van der Waals surface area contributed by atoms with Gasteiger partial charge in [-0.3, -0.25) is 10.2 Å². The monoisotopic (exact) mass is 226 g/mol. The lowest BCUT2D eigenvalue weighted by molar-refractivity contribution is -0.123. The highest BCUT2D eigenvalue weighted by atomic mass is 16.5. The highest BCUT2D eigenvalue weighted by Crippen LogP contribution is 2.36. The molecule has 0 aliphatic carbocycles. The Labute approximate surface area is 93.3 Å². The Morgan fingerprint density at radius 1 is 1.31 bits per heavy atom. The Bertz CT molecular complexity index is 368. The Balaban J connectivity index is 2.82. The van der Waals surface area contributed by atoms with Crippen LogP contribution in [0.25, 0.3) is 0 Å². The molecule has 0 aromatic heterocycles. The second-order valence-electron chi connectivity index (χ2n) is 2.85. The largest absolute Gasteiger partial charge is 0.493 e. The van der Waals surface area contributed by atoms with E-state index < -0.39 is 5.91 Å². The van der Waals surface area contributed by atoms with Crippen molar-refractivity contribution in [1.29, 1.82) is 0 Å². The first-order valence-corrected chi connectivity index (χ1v) is 4.56. The molecule has 1 aromatic rings. The van der Waals surface area contributed by atoms with Gasteiger partial charge in [-0.2, -0.15) is 0 Å². The van der Waals surface area contributed by atoms with Crippen LogP contribution < -0.4 is 25.5 Å². The van der Waals surface area contributed by atoms with Crippen LogP contribution in [0.2, 0.25) is 0 Å². The van der Waals surface area contributed by atoms with Crippen LogP contribution in [0.4, 0.5) is 0 Å². The van der Waals surface area contributed by atoms with Crippen LogP contribution in [-0.4, -0.2) is 26.7 Å². The lowest BCUT2D eigenvalue weighted by Gasteiger charge is -2.12. The number of carbonyl (C=O) groups is 1. The molecule has 0 bridgehead atoms. The van der Waals surface area contributed by atoms with Gasteiger partial charge in [0.05, 0.1) is 14.2 Å². The number of methoxy groups -OCH3 is 2. The third-order valence-electron chi connectivity index (χ3n) is 1.89. The molecule has 6 heteroatoms. The second-order valence-corrected chi connectivity index (χ2v) is 2.85. The molecular formula is C10H14N2O4. The zero-order valence-electron chi connectivity index (χ0n) is 9.15. The number of para-hydroxylation sites is 1. The zero-order chi connectivity index (χ0) is 12.0. The summed E-state index contributed by atoms with van der Waals surface area (Å²) in [5.74, 6) is 5.90. The van der Waals surface area contributed by atoms with Crippen molar-refractivity contribution in [2.45, 2.75) is 0 Å². The summed E-state index contributed by atoms with van der Waals surface area (Å²) in [7, 11) is 3.02. The minimum Gasteiger partial charge on any atom is -0.493 e. The predicted octanol–water partition coefficient (Wildman–Crippen LogP) is 0.0725. The number of nitrogens with one attached hydrogen (secondary N) is 1. The van der Waals surface area contributed by atoms with E-state index in [0.717, 1.165) is 0 Å². The van der Waals surface area contributed by atoms with Crippen molar-refractivity contribution in [2.24, 2.45) is 5.84 Å². The van der Waals surface area contributed by atoms with Crippen LogP contribution in [0.1, 0.15) is 0 Å². The summed E-state index contributed by atoms with van der Waals surface area (Å²) in [6.45, 7) is -0.181. The van der Waals surface area contributed by atoms with E-state index in [1.54, 1.807) is 18.2 Å². The quantitative estimate of drug-likeness (QED) is 0.422. The van der Waals surface area contributed by atoms with Crippen LogP contribution in [-0.2, 0) is 4.79 Å². The molecule has 0 spiro atoms. The Morgan fingerprint density at radius 2 is 2.00 bits per heavy atom. The van der Waals surface area contributed by atoms with Gasteiger partial charge in [0.1, 0.15) is 0 Å². The second kappa shape index (κ2) is 5.82.